The van der Waals surface area contributed by atoms with Crippen molar-refractivity contribution < 1.29 is 9.90 Å². The Morgan fingerprint density at radius 2 is 2.20 bits per heavy atom. The first-order valence-corrected chi connectivity index (χ1v) is 6.47. The first-order valence-electron chi connectivity index (χ1n) is 5.59. The largest absolute Gasteiger partial charge is 0.481 e. The van der Waals surface area contributed by atoms with Crippen molar-refractivity contribution in [2.75, 3.05) is 0 Å². The van der Waals surface area contributed by atoms with Gasteiger partial charge in [-0.25, -0.2) is 0 Å². The van der Waals surface area contributed by atoms with Gasteiger partial charge in [0, 0.05) is 4.88 Å². The fourth-order valence-corrected chi connectivity index (χ4v) is 3.85. The molecule has 2 atom stereocenters. The highest BCUT2D eigenvalue weighted by Gasteiger charge is 2.45. The maximum absolute atomic E-state index is 10.8. The van der Waals surface area contributed by atoms with Crippen LogP contribution in [0.25, 0.3) is 0 Å². The molecule has 0 amide bonds. The third kappa shape index (κ3) is 1.49. The van der Waals surface area contributed by atoms with Crippen molar-refractivity contribution in [2.45, 2.75) is 38.0 Å². The number of fused-ring (bicyclic) bond motifs is 1. The molecular formula is C12H14O2S. The summed E-state index contributed by atoms with van der Waals surface area (Å²) in [5.41, 5.74) is 2.86. The van der Waals surface area contributed by atoms with Gasteiger partial charge in [-0.2, -0.15) is 0 Å². The summed E-state index contributed by atoms with van der Waals surface area (Å²) in [4.78, 5) is 12.4. The molecule has 0 unspecified atom stereocenters. The third-order valence-electron chi connectivity index (χ3n) is 3.60. The summed E-state index contributed by atoms with van der Waals surface area (Å²) >= 11 is 1.84. The summed E-state index contributed by atoms with van der Waals surface area (Å²) in [5.74, 6) is -0.373. The molecule has 1 saturated carbocycles. The molecule has 0 spiro atoms. The maximum Gasteiger partial charge on any atom is 0.307 e. The fourth-order valence-electron chi connectivity index (χ4n) is 2.64. The number of rotatable bonds is 2. The van der Waals surface area contributed by atoms with Crippen molar-refractivity contribution in [3.8, 4) is 0 Å². The van der Waals surface area contributed by atoms with Crippen LogP contribution < -0.4 is 0 Å². The van der Waals surface area contributed by atoms with Crippen LogP contribution in [0, 0.1) is 5.92 Å². The van der Waals surface area contributed by atoms with Gasteiger partial charge in [0.25, 0.3) is 0 Å². The summed E-state index contributed by atoms with van der Waals surface area (Å²) in [5, 5.41) is 11.1. The van der Waals surface area contributed by atoms with Crippen molar-refractivity contribution >= 4 is 17.3 Å². The highest BCUT2D eigenvalue weighted by atomic mass is 32.1. The predicted octanol–water partition coefficient (Wildman–Crippen LogP) is 2.82. The smallest absolute Gasteiger partial charge is 0.307 e. The van der Waals surface area contributed by atoms with E-state index in [1.54, 1.807) is 0 Å². The van der Waals surface area contributed by atoms with Gasteiger partial charge in [0.1, 0.15) is 0 Å². The van der Waals surface area contributed by atoms with Gasteiger partial charge in [-0.3, -0.25) is 4.79 Å². The summed E-state index contributed by atoms with van der Waals surface area (Å²) in [6, 6.07) is 0. The van der Waals surface area contributed by atoms with E-state index in [9.17, 15) is 4.79 Å². The quantitative estimate of drug-likeness (QED) is 0.835. The summed E-state index contributed by atoms with van der Waals surface area (Å²) < 4.78 is 0. The van der Waals surface area contributed by atoms with Crippen LogP contribution in [0.5, 0.6) is 0 Å². The molecule has 80 valence electrons. The lowest BCUT2D eigenvalue weighted by molar-refractivity contribution is -0.138. The normalized spacial score (nSPS) is 28.5. The Bertz CT molecular complexity index is 408. The summed E-state index contributed by atoms with van der Waals surface area (Å²) in [6.07, 6.45) is 5.83. The van der Waals surface area contributed by atoms with Gasteiger partial charge in [-0.05, 0) is 54.5 Å². The van der Waals surface area contributed by atoms with E-state index in [2.05, 4.69) is 5.38 Å². The van der Waals surface area contributed by atoms with Crippen LogP contribution in [0.1, 0.15) is 41.2 Å². The zero-order valence-electron chi connectivity index (χ0n) is 8.53. The topological polar surface area (TPSA) is 37.3 Å². The molecule has 0 aromatic carbocycles. The number of aryl methyl sites for hydroxylation is 1. The molecule has 3 rings (SSSR count). The molecule has 2 aliphatic rings. The number of carbonyl (C=O) groups is 1. The zero-order chi connectivity index (χ0) is 10.4. The zero-order valence-corrected chi connectivity index (χ0v) is 9.35. The molecule has 1 aromatic heterocycles. The second-order valence-corrected chi connectivity index (χ2v) is 5.55. The molecule has 2 nitrogen and oxygen atoms in total. The molecule has 0 radical (unpaired) electrons. The molecule has 0 bridgehead atoms. The van der Waals surface area contributed by atoms with E-state index < -0.39 is 5.97 Å². The van der Waals surface area contributed by atoms with Crippen LogP contribution in [0.15, 0.2) is 5.38 Å². The Kier molecular flexibility index (Phi) is 2.09. The molecule has 0 aliphatic heterocycles. The molecule has 1 N–H and O–H groups in total. The van der Waals surface area contributed by atoms with Crippen molar-refractivity contribution in [3.63, 3.8) is 0 Å². The molecule has 1 heterocycles. The first-order chi connectivity index (χ1) is 7.27. The number of hydrogen-bond acceptors (Lipinski definition) is 2. The van der Waals surface area contributed by atoms with Crippen LogP contribution in [-0.2, 0) is 17.6 Å². The van der Waals surface area contributed by atoms with Gasteiger partial charge >= 0.3 is 5.97 Å². The second kappa shape index (κ2) is 3.34. The first kappa shape index (κ1) is 9.40. The van der Waals surface area contributed by atoms with Gasteiger partial charge in [-0.15, -0.1) is 11.3 Å². The minimum atomic E-state index is -0.615. The van der Waals surface area contributed by atoms with E-state index in [0.29, 0.717) is 5.92 Å². The van der Waals surface area contributed by atoms with Gasteiger partial charge in [-0.1, -0.05) is 0 Å². The lowest BCUT2D eigenvalue weighted by Gasteiger charge is -2.12. The minimum absolute atomic E-state index is 0.0920. The van der Waals surface area contributed by atoms with E-state index in [1.165, 1.54) is 41.7 Å². The lowest BCUT2D eigenvalue weighted by Crippen LogP contribution is -2.03. The van der Waals surface area contributed by atoms with Crippen LogP contribution in [0.4, 0.5) is 0 Å². The lowest BCUT2D eigenvalue weighted by atomic mass is 9.94. The molecule has 1 fully saturated rings. The van der Waals surface area contributed by atoms with Crippen LogP contribution in [0.3, 0.4) is 0 Å². The Balaban J connectivity index is 1.87. The van der Waals surface area contributed by atoms with Gasteiger partial charge in [0.2, 0.25) is 0 Å². The third-order valence-corrected chi connectivity index (χ3v) is 4.71. The van der Waals surface area contributed by atoms with E-state index in [4.69, 9.17) is 5.11 Å². The molecule has 2 aliphatic carbocycles. The predicted molar refractivity (Wildman–Crippen MR) is 59.4 cm³/mol. The van der Waals surface area contributed by atoms with Crippen molar-refractivity contribution in [2.24, 2.45) is 5.92 Å². The SMILES string of the molecule is O=C(O)[C@@H]1C[C@H]1c1csc2c1CCCC2. The highest BCUT2D eigenvalue weighted by Crippen LogP contribution is 2.51. The molecule has 3 heteroatoms. The van der Waals surface area contributed by atoms with Crippen molar-refractivity contribution in [1.82, 2.24) is 0 Å². The van der Waals surface area contributed by atoms with E-state index in [1.807, 2.05) is 11.3 Å². The van der Waals surface area contributed by atoms with Crippen molar-refractivity contribution in [1.29, 1.82) is 0 Å². The number of aliphatic carboxylic acids is 1. The molecule has 1 aromatic rings. The van der Waals surface area contributed by atoms with Crippen LogP contribution in [0.2, 0.25) is 0 Å². The summed E-state index contributed by atoms with van der Waals surface area (Å²) in [7, 11) is 0. The standard InChI is InChI=1S/C12H14O2S/c13-12(14)9-5-8(9)10-6-15-11-4-2-1-3-7(10)11/h6,8-9H,1-5H2,(H,13,14)/t8-,9-/m1/s1. The Morgan fingerprint density at radius 3 is 2.93 bits per heavy atom. The summed E-state index contributed by atoms with van der Waals surface area (Å²) in [6.45, 7) is 0. The maximum atomic E-state index is 10.8. The van der Waals surface area contributed by atoms with Crippen LogP contribution in [-0.4, -0.2) is 11.1 Å². The van der Waals surface area contributed by atoms with Gasteiger partial charge in [0.15, 0.2) is 0 Å². The fraction of sp³-hybridized carbons (Fsp3) is 0.583. The van der Waals surface area contributed by atoms with E-state index >= 15 is 0 Å². The number of thiophene rings is 1. The highest BCUT2D eigenvalue weighted by molar-refractivity contribution is 7.10. The molecular weight excluding hydrogens is 208 g/mol. The molecule has 15 heavy (non-hydrogen) atoms. The van der Waals surface area contributed by atoms with Gasteiger partial charge in [0.05, 0.1) is 5.92 Å². The Labute approximate surface area is 92.9 Å². The monoisotopic (exact) mass is 222 g/mol. The average Bonchev–Trinajstić information content (AvgIpc) is 2.92. The second-order valence-electron chi connectivity index (χ2n) is 4.59. The Hall–Kier alpha value is -0.830. The number of carboxylic acids is 1. The number of hydrogen-bond donors (Lipinski definition) is 1. The minimum Gasteiger partial charge on any atom is -0.481 e. The average molecular weight is 222 g/mol. The molecule has 0 saturated heterocycles. The Morgan fingerprint density at radius 1 is 1.40 bits per heavy atom. The van der Waals surface area contributed by atoms with Crippen LogP contribution >= 0.6 is 11.3 Å². The van der Waals surface area contributed by atoms with E-state index in [-0.39, 0.29) is 5.92 Å². The van der Waals surface area contributed by atoms with Gasteiger partial charge < -0.3 is 5.11 Å². The van der Waals surface area contributed by atoms with E-state index in [0.717, 1.165) is 6.42 Å². The van der Waals surface area contributed by atoms with Crippen molar-refractivity contribution in [3.05, 3.63) is 21.4 Å². The number of carboxylic acid groups (broad SMARTS) is 1.